The molecule has 1 aromatic carbocycles. The van der Waals surface area contributed by atoms with Crippen molar-refractivity contribution < 1.29 is 13.9 Å². The summed E-state index contributed by atoms with van der Waals surface area (Å²) in [6.07, 6.45) is 2.17. The van der Waals surface area contributed by atoms with Gasteiger partial charge in [-0.25, -0.2) is 4.39 Å². The van der Waals surface area contributed by atoms with E-state index in [1.165, 1.54) is 0 Å². The Kier molecular flexibility index (Phi) is 6.29. The van der Waals surface area contributed by atoms with E-state index in [-0.39, 0.29) is 11.2 Å². The number of rotatable bonds is 7. The normalized spacial score (nSPS) is 11.6. The number of unbranched alkanes of at least 4 members (excludes halogenated alkanes) is 1. The molecule has 0 N–H and O–H groups in total. The highest BCUT2D eigenvalue weighted by atomic mass is 19.1. The second-order valence-electron chi connectivity index (χ2n) is 5.71. The Bertz CT molecular complexity index is 383. The highest BCUT2D eigenvalue weighted by Crippen LogP contribution is 2.26. The molecule has 3 heteroatoms. The largest absolute Gasteiger partial charge is 0.488 e. The fraction of sp³-hybridized carbons (Fsp3) is 0.625. The summed E-state index contributed by atoms with van der Waals surface area (Å²) < 4.78 is 24.6. The molecule has 19 heavy (non-hydrogen) atoms. The molecule has 0 saturated carbocycles. The van der Waals surface area contributed by atoms with Gasteiger partial charge in [-0.15, -0.1) is 0 Å². The first-order chi connectivity index (χ1) is 8.95. The highest BCUT2D eigenvalue weighted by Gasteiger charge is 2.15. The molecule has 2 nitrogen and oxygen atoms in total. The third-order valence-electron chi connectivity index (χ3n) is 2.93. The molecule has 108 valence electrons. The lowest BCUT2D eigenvalue weighted by Gasteiger charge is -2.19. The minimum atomic E-state index is -0.305. The van der Waals surface area contributed by atoms with Crippen molar-refractivity contribution in [2.45, 2.75) is 46.0 Å². The van der Waals surface area contributed by atoms with Crippen LogP contribution in [0.1, 0.15) is 46.1 Å². The van der Waals surface area contributed by atoms with Gasteiger partial charge in [0.15, 0.2) is 11.6 Å². The molecule has 0 radical (unpaired) electrons. The van der Waals surface area contributed by atoms with Gasteiger partial charge < -0.3 is 9.47 Å². The van der Waals surface area contributed by atoms with Gasteiger partial charge in [0.1, 0.15) is 6.61 Å². The van der Waals surface area contributed by atoms with Crippen LogP contribution in [-0.2, 0) is 10.2 Å². The molecule has 0 aliphatic heterocycles. The summed E-state index contributed by atoms with van der Waals surface area (Å²) in [5.74, 6) is -0.00641. The molecular formula is C16H25FO2. The maximum absolute atomic E-state index is 13.8. The van der Waals surface area contributed by atoms with E-state index in [4.69, 9.17) is 9.47 Å². The minimum Gasteiger partial charge on any atom is -0.488 e. The lowest BCUT2D eigenvalue weighted by Crippen LogP contribution is -2.12. The number of hydrogen-bond donors (Lipinski definition) is 0. The summed E-state index contributed by atoms with van der Waals surface area (Å²) in [5, 5.41) is 0. The van der Waals surface area contributed by atoms with Gasteiger partial charge in [0.05, 0.1) is 6.61 Å². The molecule has 0 spiro atoms. The number of halogens is 1. The van der Waals surface area contributed by atoms with Gasteiger partial charge in [-0.3, -0.25) is 0 Å². The van der Waals surface area contributed by atoms with Crippen LogP contribution in [0.2, 0.25) is 0 Å². The molecular weight excluding hydrogens is 243 g/mol. The quantitative estimate of drug-likeness (QED) is 0.686. The summed E-state index contributed by atoms with van der Waals surface area (Å²) in [6.45, 7) is 9.92. The van der Waals surface area contributed by atoms with Gasteiger partial charge in [-0.05, 0) is 29.5 Å². The number of hydrogen-bond acceptors (Lipinski definition) is 2. The second-order valence-corrected chi connectivity index (χ2v) is 5.71. The monoisotopic (exact) mass is 268 g/mol. The summed E-state index contributed by atoms with van der Waals surface area (Å²) in [7, 11) is 0. The molecule has 0 bridgehead atoms. The van der Waals surface area contributed by atoms with Crippen molar-refractivity contribution in [3.05, 3.63) is 29.6 Å². The minimum absolute atomic E-state index is 0.0529. The molecule has 0 heterocycles. The first kappa shape index (κ1) is 16.0. The first-order valence-corrected chi connectivity index (χ1v) is 6.95. The van der Waals surface area contributed by atoms with Crippen LogP contribution in [0.5, 0.6) is 5.75 Å². The molecule has 1 aromatic rings. The zero-order chi connectivity index (χ0) is 14.3. The van der Waals surface area contributed by atoms with Crippen molar-refractivity contribution in [1.29, 1.82) is 0 Å². The fourth-order valence-electron chi connectivity index (χ4n) is 1.64. The van der Waals surface area contributed by atoms with E-state index in [0.29, 0.717) is 19.0 Å². The van der Waals surface area contributed by atoms with Crippen LogP contribution in [0.15, 0.2) is 18.2 Å². The number of ether oxygens (including phenoxy) is 2. The van der Waals surface area contributed by atoms with E-state index >= 15 is 0 Å². The zero-order valence-corrected chi connectivity index (χ0v) is 12.5. The van der Waals surface area contributed by atoms with Crippen molar-refractivity contribution in [2.75, 3.05) is 19.8 Å². The predicted molar refractivity (Wildman–Crippen MR) is 76.3 cm³/mol. The van der Waals surface area contributed by atoms with Crippen LogP contribution in [0.4, 0.5) is 4.39 Å². The van der Waals surface area contributed by atoms with Gasteiger partial charge in [-0.2, -0.15) is 0 Å². The molecule has 0 atom stereocenters. The Morgan fingerprint density at radius 3 is 2.42 bits per heavy atom. The van der Waals surface area contributed by atoms with E-state index in [2.05, 4.69) is 27.7 Å². The standard InChI is InChI=1S/C16H25FO2/c1-5-6-9-18-10-11-19-15-8-7-13(12-14(15)17)16(2,3)4/h7-8,12H,5-6,9-11H2,1-4H3. The lowest BCUT2D eigenvalue weighted by molar-refractivity contribution is 0.0966. The molecule has 0 aliphatic rings. The molecule has 0 fully saturated rings. The predicted octanol–water partition coefficient (Wildman–Crippen LogP) is 4.32. The third-order valence-corrected chi connectivity index (χ3v) is 2.93. The van der Waals surface area contributed by atoms with Gasteiger partial charge in [0.25, 0.3) is 0 Å². The van der Waals surface area contributed by atoms with E-state index in [1.54, 1.807) is 12.1 Å². The Labute approximate surface area is 115 Å². The van der Waals surface area contributed by atoms with Crippen molar-refractivity contribution in [2.24, 2.45) is 0 Å². The van der Waals surface area contributed by atoms with Crippen LogP contribution >= 0.6 is 0 Å². The van der Waals surface area contributed by atoms with Crippen molar-refractivity contribution >= 4 is 0 Å². The van der Waals surface area contributed by atoms with Crippen molar-refractivity contribution in [1.82, 2.24) is 0 Å². The van der Waals surface area contributed by atoms with Crippen LogP contribution in [-0.4, -0.2) is 19.8 Å². The first-order valence-electron chi connectivity index (χ1n) is 6.95. The van der Waals surface area contributed by atoms with Crippen molar-refractivity contribution in [3.8, 4) is 5.75 Å². The van der Waals surface area contributed by atoms with Crippen LogP contribution in [0.25, 0.3) is 0 Å². The Morgan fingerprint density at radius 1 is 1.11 bits per heavy atom. The van der Waals surface area contributed by atoms with E-state index in [9.17, 15) is 4.39 Å². The summed E-state index contributed by atoms with van der Waals surface area (Å²) in [6, 6.07) is 5.16. The zero-order valence-electron chi connectivity index (χ0n) is 12.5. The molecule has 0 unspecified atom stereocenters. The maximum atomic E-state index is 13.8. The summed E-state index contributed by atoms with van der Waals surface area (Å²) in [4.78, 5) is 0. The molecule has 1 rings (SSSR count). The second kappa shape index (κ2) is 7.49. The Hall–Kier alpha value is -1.09. The van der Waals surface area contributed by atoms with Crippen molar-refractivity contribution in [3.63, 3.8) is 0 Å². The van der Waals surface area contributed by atoms with Gasteiger partial charge in [0.2, 0.25) is 0 Å². The Morgan fingerprint density at radius 2 is 1.84 bits per heavy atom. The van der Waals surface area contributed by atoms with E-state index in [1.807, 2.05) is 6.07 Å². The molecule has 0 aliphatic carbocycles. The summed E-state index contributed by atoms with van der Waals surface area (Å²) in [5.41, 5.74) is 0.916. The Balaban J connectivity index is 2.43. The number of benzene rings is 1. The fourth-order valence-corrected chi connectivity index (χ4v) is 1.64. The average molecular weight is 268 g/mol. The lowest BCUT2D eigenvalue weighted by atomic mass is 9.87. The topological polar surface area (TPSA) is 18.5 Å². The van der Waals surface area contributed by atoms with Gasteiger partial charge in [0, 0.05) is 6.61 Å². The molecule has 0 saturated heterocycles. The maximum Gasteiger partial charge on any atom is 0.165 e. The third kappa shape index (κ3) is 5.60. The van der Waals surface area contributed by atoms with Gasteiger partial charge >= 0.3 is 0 Å². The van der Waals surface area contributed by atoms with Gasteiger partial charge in [-0.1, -0.05) is 40.2 Å². The molecule has 0 aromatic heterocycles. The average Bonchev–Trinajstić information content (AvgIpc) is 2.34. The van der Waals surface area contributed by atoms with E-state index < -0.39 is 0 Å². The summed E-state index contributed by atoms with van der Waals surface area (Å²) >= 11 is 0. The van der Waals surface area contributed by atoms with Crippen LogP contribution < -0.4 is 4.74 Å². The highest BCUT2D eigenvalue weighted by molar-refractivity contribution is 5.32. The SMILES string of the molecule is CCCCOCCOc1ccc(C(C)(C)C)cc1F. The van der Waals surface area contributed by atoms with E-state index in [0.717, 1.165) is 25.0 Å². The van der Waals surface area contributed by atoms with Crippen LogP contribution in [0, 0.1) is 5.82 Å². The smallest absolute Gasteiger partial charge is 0.165 e. The molecule has 0 amide bonds. The van der Waals surface area contributed by atoms with Crippen LogP contribution in [0.3, 0.4) is 0 Å².